The van der Waals surface area contributed by atoms with Gasteiger partial charge in [-0.25, -0.2) is 14.5 Å². The molecule has 8 nitrogen and oxygen atoms in total. The summed E-state index contributed by atoms with van der Waals surface area (Å²) in [5.41, 5.74) is 1.34. The molecule has 1 aliphatic carbocycles. The van der Waals surface area contributed by atoms with Gasteiger partial charge in [-0.3, -0.25) is 0 Å². The number of nitrogens with zero attached hydrogens (tertiary/aromatic N) is 3. The van der Waals surface area contributed by atoms with E-state index in [9.17, 15) is 0 Å². The summed E-state index contributed by atoms with van der Waals surface area (Å²) in [6, 6.07) is 7.92. The highest BCUT2D eigenvalue weighted by Gasteiger charge is 2.69. The monoisotopic (exact) mass is 441 g/mol. The highest BCUT2D eigenvalue weighted by atomic mass is 17.3. The van der Waals surface area contributed by atoms with Gasteiger partial charge in [0, 0.05) is 23.8 Å². The fraction of sp³-hybridized carbons (Fsp3) is 0.667. The number of hydrogen-bond donors (Lipinski definition) is 0. The van der Waals surface area contributed by atoms with E-state index in [2.05, 4.69) is 24.2 Å². The predicted molar refractivity (Wildman–Crippen MR) is 114 cm³/mol. The van der Waals surface area contributed by atoms with Crippen LogP contribution in [0.5, 0.6) is 5.75 Å². The molecule has 0 amide bonds. The van der Waals surface area contributed by atoms with Crippen LogP contribution in [0.2, 0.25) is 0 Å². The molecule has 5 aliphatic rings. The number of ether oxygens (including phenoxy) is 3. The van der Waals surface area contributed by atoms with Gasteiger partial charge in [-0.1, -0.05) is 19.1 Å². The standard InChI is InChI=1S/C24H31N3O5/c1-14-5-10-19-15(2)21(27-20(13-25-26-27)16-6-8-17(28-4)9-7-16)29-22-24(19)18(14)11-12-23(3,30-22)31-32-24/h6-9,13-15,18-19,21-22H,5,10-12H2,1-4H3/t14-,15-,18+,19+,21-,22-,23-,24-/m1/s1. The Kier molecular flexibility index (Phi) is 4.67. The molecule has 0 N–H and O–H groups in total. The molecule has 4 aliphatic heterocycles. The van der Waals surface area contributed by atoms with Crippen LogP contribution >= 0.6 is 0 Å². The maximum absolute atomic E-state index is 6.72. The molecule has 2 bridgehead atoms. The van der Waals surface area contributed by atoms with Crippen LogP contribution in [0.4, 0.5) is 0 Å². The van der Waals surface area contributed by atoms with Crippen molar-refractivity contribution in [1.29, 1.82) is 0 Å². The molecule has 7 rings (SSSR count). The van der Waals surface area contributed by atoms with Gasteiger partial charge in [-0.15, -0.1) is 5.10 Å². The third-order valence-electron chi connectivity index (χ3n) is 8.32. The first-order valence-electron chi connectivity index (χ1n) is 11.7. The van der Waals surface area contributed by atoms with Crippen molar-refractivity contribution in [3.05, 3.63) is 30.5 Å². The van der Waals surface area contributed by atoms with Crippen molar-refractivity contribution in [1.82, 2.24) is 15.0 Å². The third kappa shape index (κ3) is 2.83. The summed E-state index contributed by atoms with van der Waals surface area (Å²) in [6.45, 7) is 6.51. The highest BCUT2D eigenvalue weighted by Crippen LogP contribution is 2.61. The van der Waals surface area contributed by atoms with E-state index >= 15 is 0 Å². The number of rotatable bonds is 3. The fourth-order valence-electron chi connectivity index (χ4n) is 6.57. The minimum atomic E-state index is -0.788. The van der Waals surface area contributed by atoms with E-state index in [0.717, 1.165) is 36.3 Å². The lowest BCUT2D eigenvalue weighted by atomic mass is 9.58. The number of fused-ring (bicyclic) bond motifs is 2. The van der Waals surface area contributed by atoms with Crippen LogP contribution in [0.1, 0.15) is 52.7 Å². The summed E-state index contributed by atoms with van der Waals surface area (Å²) in [5.74, 6) is 1.29. The van der Waals surface area contributed by atoms with Crippen molar-refractivity contribution >= 4 is 0 Å². The fourth-order valence-corrected chi connectivity index (χ4v) is 6.57. The van der Waals surface area contributed by atoms with Gasteiger partial charge in [-0.2, -0.15) is 0 Å². The molecule has 1 saturated carbocycles. The second kappa shape index (κ2) is 7.25. The van der Waals surface area contributed by atoms with E-state index in [1.807, 2.05) is 35.9 Å². The zero-order valence-corrected chi connectivity index (χ0v) is 19.1. The molecule has 1 aromatic carbocycles. The van der Waals surface area contributed by atoms with Gasteiger partial charge in [0.2, 0.25) is 5.79 Å². The van der Waals surface area contributed by atoms with E-state index in [0.29, 0.717) is 11.8 Å². The van der Waals surface area contributed by atoms with Gasteiger partial charge in [0.05, 0.1) is 19.0 Å². The summed E-state index contributed by atoms with van der Waals surface area (Å²) in [7, 11) is 1.67. The van der Waals surface area contributed by atoms with Crippen LogP contribution in [0, 0.1) is 23.7 Å². The van der Waals surface area contributed by atoms with Crippen LogP contribution in [-0.2, 0) is 19.2 Å². The summed E-state index contributed by atoms with van der Waals surface area (Å²) in [4.78, 5) is 12.2. The van der Waals surface area contributed by atoms with Crippen LogP contribution in [0.3, 0.4) is 0 Å². The quantitative estimate of drug-likeness (QED) is 0.656. The molecule has 0 unspecified atom stereocenters. The minimum Gasteiger partial charge on any atom is -0.497 e. The minimum absolute atomic E-state index is 0.148. The summed E-state index contributed by atoms with van der Waals surface area (Å²) < 4.78 is 20.4. The van der Waals surface area contributed by atoms with Gasteiger partial charge >= 0.3 is 0 Å². The Morgan fingerprint density at radius 2 is 1.88 bits per heavy atom. The Balaban J connectivity index is 1.40. The molecular formula is C24H31N3O5. The first-order chi connectivity index (χ1) is 15.4. The van der Waals surface area contributed by atoms with Crippen LogP contribution < -0.4 is 4.74 Å². The van der Waals surface area contributed by atoms with Crippen molar-refractivity contribution < 1.29 is 24.0 Å². The summed E-state index contributed by atoms with van der Waals surface area (Å²) in [6.07, 6.45) is 5.01. The van der Waals surface area contributed by atoms with Gasteiger partial charge in [0.25, 0.3) is 0 Å². The first kappa shape index (κ1) is 20.6. The van der Waals surface area contributed by atoms with Crippen LogP contribution in [0.25, 0.3) is 11.3 Å². The Labute approximate surface area is 188 Å². The van der Waals surface area contributed by atoms with Crippen LogP contribution in [0.15, 0.2) is 30.5 Å². The molecule has 2 aromatic rings. The Morgan fingerprint density at radius 3 is 2.66 bits per heavy atom. The topological polar surface area (TPSA) is 76.9 Å². The molecule has 8 atom stereocenters. The summed E-state index contributed by atoms with van der Waals surface area (Å²) in [5, 5.41) is 8.68. The third-order valence-corrected chi connectivity index (χ3v) is 8.32. The Morgan fingerprint density at radius 1 is 1.06 bits per heavy atom. The van der Waals surface area contributed by atoms with Gasteiger partial charge in [0.15, 0.2) is 18.1 Å². The van der Waals surface area contributed by atoms with Crippen LogP contribution in [-0.4, -0.2) is 39.8 Å². The number of aromatic nitrogens is 3. The number of methoxy groups -OCH3 is 1. The zero-order chi connectivity index (χ0) is 22.1. The molecule has 8 heteroatoms. The van der Waals surface area contributed by atoms with Crippen molar-refractivity contribution in [2.24, 2.45) is 23.7 Å². The Bertz CT molecular complexity index is 996. The molecule has 1 aromatic heterocycles. The lowest BCUT2D eigenvalue weighted by molar-refractivity contribution is -0.574. The molecular weight excluding hydrogens is 410 g/mol. The molecule has 4 saturated heterocycles. The van der Waals surface area contributed by atoms with Gasteiger partial charge in [-0.05, 0) is 62.3 Å². The first-order valence-corrected chi connectivity index (χ1v) is 11.7. The van der Waals surface area contributed by atoms with Gasteiger partial charge in [0.1, 0.15) is 5.75 Å². The molecule has 32 heavy (non-hydrogen) atoms. The summed E-state index contributed by atoms with van der Waals surface area (Å²) >= 11 is 0. The number of hydrogen-bond acceptors (Lipinski definition) is 7. The highest BCUT2D eigenvalue weighted by molar-refractivity contribution is 5.59. The van der Waals surface area contributed by atoms with E-state index in [-0.39, 0.29) is 18.1 Å². The smallest absolute Gasteiger partial charge is 0.201 e. The lowest BCUT2D eigenvalue weighted by Gasteiger charge is -2.60. The van der Waals surface area contributed by atoms with Crippen molar-refractivity contribution in [2.75, 3.05) is 7.11 Å². The lowest BCUT2D eigenvalue weighted by Crippen LogP contribution is -2.69. The van der Waals surface area contributed by atoms with E-state index in [1.165, 1.54) is 6.42 Å². The number of benzene rings is 1. The average molecular weight is 442 g/mol. The van der Waals surface area contributed by atoms with E-state index < -0.39 is 17.7 Å². The molecule has 5 heterocycles. The van der Waals surface area contributed by atoms with E-state index in [4.69, 9.17) is 24.0 Å². The molecule has 172 valence electrons. The Hall–Kier alpha value is -2.00. The van der Waals surface area contributed by atoms with Crippen molar-refractivity contribution in [2.45, 2.75) is 70.4 Å². The predicted octanol–water partition coefficient (Wildman–Crippen LogP) is 4.33. The second-order valence-corrected chi connectivity index (χ2v) is 10.1. The van der Waals surface area contributed by atoms with Crippen molar-refractivity contribution in [3.63, 3.8) is 0 Å². The zero-order valence-electron chi connectivity index (χ0n) is 19.1. The maximum atomic E-state index is 6.72. The van der Waals surface area contributed by atoms with Gasteiger partial charge < -0.3 is 14.2 Å². The SMILES string of the molecule is COc1ccc(-c2cnnn2[C@@H]2O[C@@H]3O[C@@]4(C)CC[C@H]5[C@H](C)CC[C@@H]([C@H]2C)[C@@]35OO4)cc1. The second-order valence-electron chi connectivity index (χ2n) is 10.1. The molecule has 5 fully saturated rings. The average Bonchev–Trinajstić information content (AvgIpc) is 3.17. The maximum Gasteiger partial charge on any atom is 0.201 e. The normalized spacial score (nSPS) is 42.9. The molecule has 1 spiro atoms. The van der Waals surface area contributed by atoms with Crippen molar-refractivity contribution in [3.8, 4) is 17.0 Å². The van der Waals surface area contributed by atoms with E-state index in [1.54, 1.807) is 13.3 Å². The largest absolute Gasteiger partial charge is 0.497 e. The molecule has 0 radical (unpaired) electrons.